The summed E-state index contributed by atoms with van der Waals surface area (Å²) in [7, 11) is 0. The number of ether oxygens (including phenoxy) is 1. The van der Waals surface area contributed by atoms with Crippen molar-refractivity contribution in [1.29, 1.82) is 0 Å². The van der Waals surface area contributed by atoms with Crippen LogP contribution >= 0.6 is 0 Å². The fourth-order valence-electron chi connectivity index (χ4n) is 1.94. The Morgan fingerprint density at radius 2 is 2.19 bits per heavy atom. The number of pyridine rings is 1. The number of aryl methyl sites for hydroxylation is 1. The van der Waals surface area contributed by atoms with Crippen LogP contribution in [0.15, 0.2) is 23.1 Å². The molecule has 1 aromatic heterocycles. The van der Waals surface area contributed by atoms with Crippen molar-refractivity contribution in [3.63, 3.8) is 0 Å². The van der Waals surface area contributed by atoms with Crippen molar-refractivity contribution in [3.05, 3.63) is 28.7 Å². The van der Waals surface area contributed by atoms with Crippen molar-refractivity contribution in [1.82, 2.24) is 4.57 Å². The van der Waals surface area contributed by atoms with Gasteiger partial charge >= 0.3 is 0 Å². The van der Waals surface area contributed by atoms with Gasteiger partial charge in [-0.15, -0.1) is 0 Å². The van der Waals surface area contributed by atoms with Gasteiger partial charge in [-0.05, 0) is 25.8 Å². The van der Waals surface area contributed by atoms with Gasteiger partial charge < -0.3 is 14.6 Å². The van der Waals surface area contributed by atoms with E-state index in [2.05, 4.69) is 5.32 Å². The van der Waals surface area contributed by atoms with E-state index in [4.69, 9.17) is 4.74 Å². The molecule has 0 atom stereocenters. The Morgan fingerprint density at radius 1 is 1.44 bits per heavy atom. The number of hydrogen-bond donors (Lipinski definition) is 1. The topological polar surface area (TPSA) is 43.3 Å². The van der Waals surface area contributed by atoms with Gasteiger partial charge in [0.25, 0.3) is 5.56 Å². The zero-order chi connectivity index (χ0) is 11.4. The summed E-state index contributed by atoms with van der Waals surface area (Å²) in [6.45, 7) is 4.33. The number of hydrogen-bond acceptors (Lipinski definition) is 3. The van der Waals surface area contributed by atoms with Crippen LogP contribution in [-0.4, -0.2) is 23.8 Å². The van der Waals surface area contributed by atoms with Gasteiger partial charge in [0.05, 0.1) is 5.69 Å². The molecule has 16 heavy (non-hydrogen) atoms. The molecule has 0 aliphatic carbocycles. The maximum absolute atomic E-state index is 11.4. The van der Waals surface area contributed by atoms with E-state index in [-0.39, 0.29) is 5.56 Å². The highest BCUT2D eigenvalue weighted by Crippen LogP contribution is 2.13. The Labute approximate surface area is 95.2 Å². The number of nitrogens with one attached hydrogen (secondary N) is 1. The number of anilines is 1. The third-order valence-electron chi connectivity index (χ3n) is 2.92. The maximum Gasteiger partial charge on any atom is 0.250 e. The van der Waals surface area contributed by atoms with E-state index in [9.17, 15) is 4.79 Å². The lowest BCUT2D eigenvalue weighted by atomic mass is 10.1. The molecule has 1 saturated heterocycles. The van der Waals surface area contributed by atoms with Crippen LogP contribution in [0.3, 0.4) is 0 Å². The van der Waals surface area contributed by atoms with Gasteiger partial charge in [0, 0.05) is 38.1 Å². The molecule has 2 rings (SSSR count). The van der Waals surface area contributed by atoms with Gasteiger partial charge in [-0.1, -0.05) is 0 Å². The molecule has 1 aliphatic rings. The standard InChI is InChI=1S/C12H18N2O2/c1-2-14-9-11(3-4-12(14)15)13-10-5-7-16-8-6-10/h3-4,9-10,13H,2,5-8H2,1H3. The molecule has 1 aliphatic heterocycles. The summed E-state index contributed by atoms with van der Waals surface area (Å²) in [6, 6.07) is 3.94. The summed E-state index contributed by atoms with van der Waals surface area (Å²) in [4.78, 5) is 11.4. The molecular formula is C12H18N2O2. The normalized spacial score (nSPS) is 17.3. The third kappa shape index (κ3) is 2.64. The van der Waals surface area contributed by atoms with Crippen molar-refractivity contribution in [3.8, 4) is 0 Å². The maximum atomic E-state index is 11.4. The van der Waals surface area contributed by atoms with Gasteiger partial charge in [-0.25, -0.2) is 0 Å². The first kappa shape index (κ1) is 11.2. The van der Waals surface area contributed by atoms with Crippen LogP contribution in [0.1, 0.15) is 19.8 Å². The molecule has 0 saturated carbocycles. The lowest BCUT2D eigenvalue weighted by Crippen LogP contribution is -2.28. The summed E-state index contributed by atoms with van der Waals surface area (Å²) < 4.78 is 7.02. The summed E-state index contributed by atoms with van der Waals surface area (Å²) in [5, 5.41) is 3.44. The molecule has 4 nitrogen and oxygen atoms in total. The molecule has 1 N–H and O–H groups in total. The predicted molar refractivity (Wildman–Crippen MR) is 63.8 cm³/mol. The van der Waals surface area contributed by atoms with Crippen molar-refractivity contribution in [2.75, 3.05) is 18.5 Å². The Bertz CT molecular complexity index is 394. The Hall–Kier alpha value is -1.29. The fraction of sp³-hybridized carbons (Fsp3) is 0.583. The molecule has 0 spiro atoms. The number of nitrogens with zero attached hydrogens (tertiary/aromatic N) is 1. The zero-order valence-corrected chi connectivity index (χ0v) is 9.61. The Morgan fingerprint density at radius 3 is 2.88 bits per heavy atom. The largest absolute Gasteiger partial charge is 0.381 e. The second-order valence-corrected chi connectivity index (χ2v) is 4.07. The van der Waals surface area contributed by atoms with Crippen LogP contribution in [0.4, 0.5) is 5.69 Å². The van der Waals surface area contributed by atoms with E-state index < -0.39 is 0 Å². The summed E-state index contributed by atoms with van der Waals surface area (Å²) in [5.74, 6) is 0. The van der Waals surface area contributed by atoms with Crippen LogP contribution in [0.2, 0.25) is 0 Å². The van der Waals surface area contributed by atoms with Gasteiger partial charge in [0.15, 0.2) is 0 Å². The molecule has 1 aromatic rings. The first-order valence-electron chi connectivity index (χ1n) is 5.84. The van der Waals surface area contributed by atoms with Gasteiger partial charge in [-0.2, -0.15) is 0 Å². The number of rotatable bonds is 3. The van der Waals surface area contributed by atoms with Gasteiger partial charge in [0.2, 0.25) is 0 Å². The molecule has 0 radical (unpaired) electrons. The van der Waals surface area contributed by atoms with Crippen LogP contribution in [0, 0.1) is 0 Å². The minimum atomic E-state index is 0.0556. The highest BCUT2D eigenvalue weighted by atomic mass is 16.5. The average Bonchev–Trinajstić information content (AvgIpc) is 2.33. The smallest absolute Gasteiger partial charge is 0.250 e. The van der Waals surface area contributed by atoms with Crippen molar-refractivity contribution in [2.24, 2.45) is 0 Å². The molecule has 88 valence electrons. The Balaban J connectivity index is 2.06. The lowest BCUT2D eigenvalue weighted by Gasteiger charge is -2.24. The minimum Gasteiger partial charge on any atom is -0.381 e. The number of aromatic nitrogens is 1. The molecule has 0 amide bonds. The monoisotopic (exact) mass is 222 g/mol. The first-order chi connectivity index (χ1) is 7.79. The van der Waals surface area contributed by atoms with E-state index in [1.165, 1.54) is 0 Å². The van der Waals surface area contributed by atoms with Crippen molar-refractivity contribution >= 4 is 5.69 Å². The van der Waals surface area contributed by atoms with Crippen molar-refractivity contribution < 1.29 is 4.74 Å². The molecule has 0 aromatic carbocycles. The van der Waals surface area contributed by atoms with E-state index in [1.807, 2.05) is 19.2 Å². The second-order valence-electron chi connectivity index (χ2n) is 4.07. The van der Waals surface area contributed by atoms with E-state index in [1.54, 1.807) is 10.6 Å². The zero-order valence-electron chi connectivity index (χ0n) is 9.61. The van der Waals surface area contributed by atoms with E-state index >= 15 is 0 Å². The molecule has 1 fully saturated rings. The molecule has 2 heterocycles. The first-order valence-corrected chi connectivity index (χ1v) is 5.84. The highest BCUT2D eigenvalue weighted by molar-refractivity contribution is 5.41. The van der Waals surface area contributed by atoms with Gasteiger partial charge in [-0.3, -0.25) is 4.79 Å². The quantitative estimate of drug-likeness (QED) is 0.842. The van der Waals surface area contributed by atoms with Crippen LogP contribution in [0.5, 0.6) is 0 Å². The lowest BCUT2D eigenvalue weighted by molar-refractivity contribution is 0.0904. The average molecular weight is 222 g/mol. The second kappa shape index (κ2) is 5.16. The van der Waals surface area contributed by atoms with Crippen molar-refractivity contribution in [2.45, 2.75) is 32.4 Å². The molecular weight excluding hydrogens is 204 g/mol. The van der Waals surface area contributed by atoms with Crippen LogP contribution < -0.4 is 10.9 Å². The minimum absolute atomic E-state index is 0.0556. The van der Waals surface area contributed by atoms with Crippen LogP contribution in [0.25, 0.3) is 0 Å². The van der Waals surface area contributed by atoms with Gasteiger partial charge in [0.1, 0.15) is 0 Å². The van der Waals surface area contributed by atoms with E-state index in [0.717, 1.165) is 31.7 Å². The predicted octanol–water partition coefficient (Wildman–Crippen LogP) is 1.46. The van der Waals surface area contributed by atoms with E-state index in [0.29, 0.717) is 12.6 Å². The molecule has 0 bridgehead atoms. The SMILES string of the molecule is CCn1cc(NC2CCOCC2)ccc1=O. The summed E-state index contributed by atoms with van der Waals surface area (Å²) in [5.41, 5.74) is 1.08. The third-order valence-corrected chi connectivity index (χ3v) is 2.92. The summed E-state index contributed by atoms with van der Waals surface area (Å²) >= 11 is 0. The van der Waals surface area contributed by atoms with Crippen LogP contribution in [-0.2, 0) is 11.3 Å². The molecule has 0 unspecified atom stereocenters. The highest BCUT2D eigenvalue weighted by Gasteiger charge is 2.13. The molecule has 4 heteroatoms. The summed E-state index contributed by atoms with van der Waals surface area (Å²) in [6.07, 6.45) is 3.95. The fourth-order valence-corrected chi connectivity index (χ4v) is 1.94. The Kier molecular flexibility index (Phi) is 3.62.